The van der Waals surface area contributed by atoms with E-state index in [-0.39, 0.29) is 55.5 Å². The summed E-state index contributed by atoms with van der Waals surface area (Å²) in [5.41, 5.74) is 2.29. The molecule has 3 fully saturated rings. The molecule has 2 aliphatic carbocycles. The minimum atomic E-state index is -3.67. The lowest BCUT2D eigenvalue weighted by atomic mass is 9.94. The first-order chi connectivity index (χ1) is 25.5. The second-order valence-electron chi connectivity index (χ2n) is 15.5. The minimum Gasteiger partial charge on any atom is -0.497 e. The summed E-state index contributed by atoms with van der Waals surface area (Å²) in [6.45, 7) is 1.49. The van der Waals surface area contributed by atoms with E-state index < -0.39 is 30.6 Å². The van der Waals surface area contributed by atoms with E-state index in [0.717, 1.165) is 62.3 Å². The Labute approximate surface area is 311 Å². The smallest absolute Gasteiger partial charge is 0.306 e. The van der Waals surface area contributed by atoms with Crippen molar-refractivity contribution in [2.24, 2.45) is 11.8 Å². The molecule has 1 amide bonds. The molecule has 282 valence electrons. The van der Waals surface area contributed by atoms with Crippen molar-refractivity contribution in [3.63, 3.8) is 0 Å². The van der Waals surface area contributed by atoms with E-state index in [2.05, 4.69) is 6.08 Å². The lowest BCUT2D eigenvalue weighted by Gasteiger charge is -2.29. The summed E-state index contributed by atoms with van der Waals surface area (Å²) in [5.74, 6) is -0.456. The number of esters is 1. The number of ether oxygens (including phenoxy) is 3. The van der Waals surface area contributed by atoms with Crippen molar-refractivity contribution in [3.8, 4) is 22.8 Å². The first kappa shape index (κ1) is 37.3. The SMILES string of the molecule is COc1ccc2c(O[C@@H]3CC4C(=O)C[C@]5(P(C)(=O)O)CC5/C=C\CCCCC[C@H](CC(=O)OC5CCCC5)C(=O)N4C3)cc(-c3ccccc3)nc2c1. The van der Waals surface area contributed by atoms with Crippen LogP contribution in [0, 0.1) is 11.8 Å². The fourth-order valence-corrected chi connectivity index (χ4v) is 10.3. The van der Waals surface area contributed by atoms with Crippen LogP contribution in [0.5, 0.6) is 11.5 Å². The molecule has 11 heteroatoms. The number of Topliss-reactive ketones (excluding diaryl/α,β-unsaturated/α-hetero) is 1. The number of hydrogen-bond acceptors (Lipinski definition) is 8. The topological polar surface area (TPSA) is 132 Å². The zero-order valence-corrected chi connectivity index (χ0v) is 31.7. The number of hydrogen-bond donors (Lipinski definition) is 1. The molecule has 0 radical (unpaired) electrons. The Balaban J connectivity index is 1.21. The van der Waals surface area contributed by atoms with Crippen molar-refractivity contribution in [2.45, 2.75) is 107 Å². The largest absolute Gasteiger partial charge is 0.497 e. The number of rotatable bonds is 8. The van der Waals surface area contributed by atoms with Crippen LogP contribution in [0.15, 0.2) is 66.7 Å². The maximum Gasteiger partial charge on any atom is 0.306 e. The van der Waals surface area contributed by atoms with Crippen LogP contribution in [0.1, 0.15) is 83.5 Å². The molecular weight excluding hydrogens is 691 g/mol. The Bertz CT molecular complexity index is 1900. The van der Waals surface area contributed by atoms with Gasteiger partial charge in [-0.1, -0.05) is 55.3 Å². The molecule has 7 rings (SSSR count). The van der Waals surface area contributed by atoms with Crippen LogP contribution < -0.4 is 9.47 Å². The second kappa shape index (κ2) is 15.8. The highest BCUT2D eigenvalue weighted by atomic mass is 31.2. The van der Waals surface area contributed by atoms with Gasteiger partial charge in [-0.15, -0.1) is 0 Å². The van der Waals surface area contributed by atoms with Crippen LogP contribution in [0.3, 0.4) is 0 Å². The zero-order valence-electron chi connectivity index (χ0n) is 30.8. The highest BCUT2D eigenvalue weighted by Crippen LogP contribution is 2.71. The van der Waals surface area contributed by atoms with Crippen molar-refractivity contribution in [3.05, 3.63) is 66.7 Å². The van der Waals surface area contributed by atoms with Crippen LogP contribution in [0.25, 0.3) is 22.2 Å². The van der Waals surface area contributed by atoms with Crippen LogP contribution in [-0.2, 0) is 23.7 Å². The number of aromatic nitrogens is 1. The molecule has 1 saturated heterocycles. The summed E-state index contributed by atoms with van der Waals surface area (Å²) in [7, 11) is -2.07. The predicted octanol–water partition coefficient (Wildman–Crippen LogP) is 7.89. The highest BCUT2D eigenvalue weighted by molar-refractivity contribution is 7.59. The summed E-state index contributed by atoms with van der Waals surface area (Å²) in [5, 5.41) is -0.275. The molecule has 3 aromatic rings. The number of fused-ring (bicyclic) bond motifs is 3. The fourth-order valence-electron chi connectivity index (χ4n) is 8.66. The number of benzene rings is 2. The van der Waals surface area contributed by atoms with E-state index >= 15 is 0 Å². The summed E-state index contributed by atoms with van der Waals surface area (Å²) >= 11 is 0. The Kier molecular flexibility index (Phi) is 11.1. The standard InChI is InChI=1S/C42H51N2O8P/c1-50-32-19-20-34-36(22-32)43-35(28-13-8-6-9-14-28)24-39(34)51-33-23-37-38(45)26-42(53(2,48)49)25-30(42)16-10-5-3-4-7-15-29(41(47)44(37)27-33)21-40(46)52-31-17-11-12-18-31/h6,8-10,13-14,16,19-20,22,24,29-31,33,37H,3-5,7,11-12,15,17-18,21,23,25-27H2,1-2H3,(H,48,49)/b16-10-/t29-,30?,33-,37?,42-/m1/s1. The Morgan fingerprint density at radius 1 is 1.00 bits per heavy atom. The molecule has 2 saturated carbocycles. The number of methoxy groups -OCH3 is 1. The molecule has 10 nitrogen and oxygen atoms in total. The van der Waals surface area contributed by atoms with E-state index in [9.17, 15) is 23.8 Å². The molecule has 2 aromatic carbocycles. The molecule has 1 N–H and O–H groups in total. The second-order valence-corrected chi connectivity index (χ2v) is 18.2. The quantitative estimate of drug-likeness (QED) is 0.139. The Morgan fingerprint density at radius 3 is 2.53 bits per heavy atom. The lowest BCUT2D eigenvalue weighted by Crippen LogP contribution is -2.45. The van der Waals surface area contributed by atoms with Crippen molar-refractivity contribution >= 4 is 35.9 Å². The lowest BCUT2D eigenvalue weighted by molar-refractivity contribution is -0.154. The molecule has 1 aromatic heterocycles. The van der Waals surface area contributed by atoms with Gasteiger partial charge in [0.1, 0.15) is 23.7 Å². The number of nitrogens with zero attached hydrogens (tertiary/aromatic N) is 2. The minimum absolute atomic E-state index is 0.0394. The van der Waals surface area contributed by atoms with Gasteiger partial charge in [0.05, 0.1) is 42.5 Å². The number of carbonyl (C=O) groups excluding carboxylic acids is 3. The van der Waals surface area contributed by atoms with Crippen molar-refractivity contribution in [1.29, 1.82) is 0 Å². The fraction of sp³-hybridized carbons (Fsp3) is 0.524. The third-order valence-corrected chi connectivity index (χ3v) is 14.1. The van der Waals surface area contributed by atoms with Gasteiger partial charge in [-0.25, -0.2) is 4.98 Å². The Morgan fingerprint density at radius 2 is 1.77 bits per heavy atom. The molecule has 0 bridgehead atoms. The van der Waals surface area contributed by atoms with Crippen LogP contribution in [0.4, 0.5) is 0 Å². The zero-order chi connectivity index (χ0) is 37.2. The third-order valence-electron chi connectivity index (χ3n) is 11.8. The predicted molar refractivity (Wildman–Crippen MR) is 203 cm³/mol. The molecule has 0 spiro atoms. The average Bonchev–Trinajstić information content (AvgIpc) is 3.41. The number of carbonyl (C=O) groups is 3. The van der Waals surface area contributed by atoms with Gasteiger partial charge in [-0.05, 0) is 69.4 Å². The summed E-state index contributed by atoms with van der Waals surface area (Å²) in [6, 6.07) is 16.4. The van der Waals surface area contributed by atoms with Gasteiger partial charge in [0.2, 0.25) is 13.3 Å². The first-order valence-corrected chi connectivity index (χ1v) is 21.4. The third kappa shape index (κ3) is 8.24. The van der Waals surface area contributed by atoms with Crippen LogP contribution >= 0.6 is 7.37 Å². The van der Waals surface area contributed by atoms with Gasteiger partial charge in [-0.2, -0.15) is 0 Å². The summed E-state index contributed by atoms with van der Waals surface area (Å²) in [6.07, 6.45) is 11.6. The highest BCUT2D eigenvalue weighted by Gasteiger charge is 2.63. The molecule has 53 heavy (non-hydrogen) atoms. The average molecular weight is 743 g/mol. The maximum atomic E-state index is 14.6. The molecule has 6 atom stereocenters. The molecule has 3 unspecified atom stereocenters. The normalized spacial score (nSPS) is 28.6. The first-order valence-electron chi connectivity index (χ1n) is 19.3. The van der Waals surface area contributed by atoms with E-state index in [1.54, 1.807) is 12.0 Å². The molecule has 2 aliphatic heterocycles. The van der Waals surface area contributed by atoms with Crippen molar-refractivity contribution in [2.75, 3.05) is 20.3 Å². The molecular formula is C42H51N2O8P. The summed E-state index contributed by atoms with van der Waals surface area (Å²) < 4.78 is 31.4. The molecule has 4 aliphatic rings. The van der Waals surface area contributed by atoms with E-state index in [1.165, 1.54) is 6.66 Å². The van der Waals surface area contributed by atoms with E-state index in [1.807, 2.05) is 60.7 Å². The number of allylic oxidation sites excluding steroid dienone is 2. The van der Waals surface area contributed by atoms with Gasteiger partial charge >= 0.3 is 5.97 Å². The number of pyridine rings is 1. The number of ketones is 1. The van der Waals surface area contributed by atoms with Crippen LogP contribution in [0.2, 0.25) is 0 Å². The van der Waals surface area contributed by atoms with E-state index in [0.29, 0.717) is 35.6 Å². The summed E-state index contributed by atoms with van der Waals surface area (Å²) in [4.78, 5) is 59.8. The van der Waals surface area contributed by atoms with Crippen LogP contribution in [-0.4, -0.2) is 76.2 Å². The van der Waals surface area contributed by atoms with Gasteiger partial charge in [0.15, 0.2) is 5.78 Å². The molecule has 3 heterocycles. The van der Waals surface area contributed by atoms with Gasteiger partial charge in [0, 0.05) is 48.5 Å². The van der Waals surface area contributed by atoms with Gasteiger partial charge in [-0.3, -0.25) is 18.9 Å². The van der Waals surface area contributed by atoms with Gasteiger partial charge < -0.3 is 24.0 Å². The number of amides is 1. The maximum absolute atomic E-state index is 14.6. The van der Waals surface area contributed by atoms with Gasteiger partial charge in [0.25, 0.3) is 0 Å². The van der Waals surface area contributed by atoms with Crippen molar-refractivity contribution < 1.29 is 38.1 Å². The van der Waals surface area contributed by atoms with E-state index in [4.69, 9.17) is 19.2 Å². The van der Waals surface area contributed by atoms with Crippen molar-refractivity contribution in [1.82, 2.24) is 9.88 Å². The Hall–Kier alpha value is -4.01. The monoisotopic (exact) mass is 742 g/mol.